The fraction of sp³-hybridized carbons (Fsp3) is 0.200. The molecule has 0 aromatic heterocycles. The van der Waals surface area contributed by atoms with Crippen molar-refractivity contribution in [1.29, 1.82) is 0 Å². The minimum Gasteiger partial charge on any atom is -0.326 e. The molecule has 4 nitrogen and oxygen atoms in total. The van der Waals surface area contributed by atoms with Crippen LogP contribution in [0.4, 0.5) is 5.69 Å². The molecule has 0 bridgehead atoms. The van der Waals surface area contributed by atoms with Gasteiger partial charge < -0.3 is 5.73 Å². The van der Waals surface area contributed by atoms with Crippen LogP contribution in [-0.4, -0.2) is 15.0 Å². The normalized spacial score (nSPS) is 11.3. The number of anilines is 1. The standard InChI is InChI=1S/C15H18N2O2S/c1-2-17(14-9-4-3-5-10-14)20(18,19)15-11-7-6-8-13(15)12-16/h3-11H,2,12,16H2,1H3. The van der Waals surface area contributed by atoms with Crippen molar-refractivity contribution in [3.63, 3.8) is 0 Å². The number of rotatable bonds is 5. The average molecular weight is 290 g/mol. The minimum absolute atomic E-state index is 0.196. The third-order valence-corrected chi connectivity index (χ3v) is 5.10. The largest absolute Gasteiger partial charge is 0.326 e. The van der Waals surface area contributed by atoms with Crippen molar-refractivity contribution in [1.82, 2.24) is 0 Å². The Morgan fingerprint density at radius 1 is 1.00 bits per heavy atom. The van der Waals surface area contributed by atoms with Crippen LogP contribution in [0.25, 0.3) is 0 Å². The molecule has 2 N–H and O–H groups in total. The lowest BCUT2D eigenvalue weighted by Crippen LogP contribution is -2.31. The number of hydrogen-bond donors (Lipinski definition) is 1. The summed E-state index contributed by atoms with van der Waals surface area (Å²) in [6.07, 6.45) is 0. The van der Waals surface area contributed by atoms with Gasteiger partial charge in [-0.15, -0.1) is 0 Å². The number of nitrogens with two attached hydrogens (primary N) is 1. The van der Waals surface area contributed by atoms with Crippen molar-refractivity contribution >= 4 is 15.7 Å². The first kappa shape index (κ1) is 14.6. The van der Waals surface area contributed by atoms with Gasteiger partial charge in [-0.25, -0.2) is 8.42 Å². The molecule has 2 rings (SSSR count). The molecule has 0 fully saturated rings. The molecule has 0 radical (unpaired) electrons. The zero-order valence-electron chi connectivity index (χ0n) is 11.4. The molecule has 2 aromatic carbocycles. The lowest BCUT2D eigenvalue weighted by Gasteiger charge is -2.24. The van der Waals surface area contributed by atoms with E-state index in [2.05, 4.69) is 0 Å². The van der Waals surface area contributed by atoms with Gasteiger partial charge in [-0.2, -0.15) is 0 Å². The summed E-state index contributed by atoms with van der Waals surface area (Å²) in [5.74, 6) is 0. The van der Waals surface area contributed by atoms with E-state index in [4.69, 9.17) is 5.73 Å². The molecule has 0 aliphatic heterocycles. The second-order valence-corrected chi connectivity index (χ2v) is 6.15. The van der Waals surface area contributed by atoms with Gasteiger partial charge in [-0.05, 0) is 30.7 Å². The van der Waals surface area contributed by atoms with Gasteiger partial charge in [-0.1, -0.05) is 36.4 Å². The number of para-hydroxylation sites is 1. The lowest BCUT2D eigenvalue weighted by molar-refractivity contribution is 0.590. The van der Waals surface area contributed by atoms with E-state index in [-0.39, 0.29) is 11.4 Å². The molecule has 5 heteroatoms. The predicted molar refractivity (Wildman–Crippen MR) is 81.0 cm³/mol. The van der Waals surface area contributed by atoms with Crippen molar-refractivity contribution in [2.75, 3.05) is 10.8 Å². The van der Waals surface area contributed by atoms with Crippen LogP contribution in [-0.2, 0) is 16.6 Å². The molecule has 106 valence electrons. The molecule has 0 aliphatic rings. The zero-order chi connectivity index (χ0) is 14.6. The van der Waals surface area contributed by atoms with Crippen LogP contribution in [0, 0.1) is 0 Å². The van der Waals surface area contributed by atoms with Crippen molar-refractivity contribution < 1.29 is 8.42 Å². The summed E-state index contributed by atoms with van der Waals surface area (Å²) in [6, 6.07) is 15.9. The van der Waals surface area contributed by atoms with Gasteiger partial charge in [0.2, 0.25) is 0 Å². The number of benzene rings is 2. The molecule has 0 spiro atoms. The monoisotopic (exact) mass is 290 g/mol. The summed E-state index contributed by atoms with van der Waals surface area (Å²) in [7, 11) is -3.59. The van der Waals surface area contributed by atoms with E-state index in [1.807, 2.05) is 25.1 Å². The molecule has 0 amide bonds. The van der Waals surface area contributed by atoms with Crippen molar-refractivity contribution in [2.45, 2.75) is 18.4 Å². The van der Waals surface area contributed by atoms with Gasteiger partial charge in [0.15, 0.2) is 0 Å². The van der Waals surface area contributed by atoms with E-state index in [1.165, 1.54) is 4.31 Å². The minimum atomic E-state index is -3.59. The van der Waals surface area contributed by atoms with Crippen LogP contribution < -0.4 is 10.0 Å². The van der Waals surface area contributed by atoms with E-state index in [1.54, 1.807) is 36.4 Å². The molecule has 0 aliphatic carbocycles. The molecule has 0 atom stereocenters. The molecule has 0 saturated carbocycles. The third kappa shape index (κ3) is 2.69. The summed E-state index contributed by atoms with van der Waals surface area (Å²) in [5.41, 5.74) is 6.93. The van der Waals surface area contributed by atoms with Crippen molar-refractivity contribution in [3.8, 4) is 0 Å². The highest BCUT2D eigenvalue weighted by Crippen LogP contribution is 2.25. The van der Waals surface area contributed by atoms with Gasteiger partial charge in [-0.3, -0.25) is 4.31 Å². The summed E-state index contributed by atoms with van der Waals surface area (Å²) < 4.78 is 27.0. The first-order valence-corrected chi connectivity index (χ1v) is 7.91. The topological polar surface area (TPSA) is 63.4 Å². The zero-order valence-corrected chi connectivity index (χ0v) is 12.2. The molecule has 0 heterocycles. The molecule has 2 aromatic rings. The summed E-state index contributed by atoms with van der Waals surface area (Å²) >= 11 is 0. The molecule has 0 unspecified atom stereocenters. The third-order valence-electron chi connectivity index (χ3n) is 3.09. The Morgan fingerprint density at radius 3 is 2.20 bits per heavy atom. The van der Waals surface area contributed by atoms with E-state index >= 15 is 0 Å². The highest BCUT2D eigenvalue weighted by atomic mass is 32.2. The average Bonchev–Trinajstić information content (AvgIpc) is 2.48. The maximum atomic E-state index is 12.8. The summed E-state index contributed by atoms with van der Waals surface area (Å²) in [5, 5.41) is 0. The Hall–Kier alpha value is -1.85. The van der Waals surface area contributed by atoms with Crippen LogP contribution in [0.15, 0.2) is 59.5 Å². The predicted octanol–water partition coefficient (Wildman–Crippen LogP) is 2.36. The van der Waals surface area contributed by atoms with E-state index in [0.717, 1.165) is 0 Å². The molecule has 20 heavy (non-hydrogen) atoms. The Morgan fingerprint density at radius 2 is 1.60 bits per heavy atom. The Labute approximate surface area is 119 Å². The molecular weight excluding hydrogens is 272 g/mol. The maximum absolute atomic E-state index is 12.8. The van der Waals surface area contributed by atoms with Gasteiger partial charge >= 0.3 is 0 Å². The summed E-state index contributed by atoms with van der Waals surface area (Å²) in [4.78, 5) is 0.271. The highest BCUT2D eigenvalue weighted by Gasteiger charge is 2.25. The second kappa shape index (κ2) is 6.07. The smallest absolute Gasteiger partial charge is 0.264 e. The van der Waals surface area contributed by atoms with Crippen LogP contribution in [0.1, 0.15) is 12.5 Å². The Balaban J connectivity index is 2.53. The molecular formula is C15H18N2O2S. The first-order chi connectivity index (χ1) is 9.61. The Kier molecular flexibility index (Phi) is 4.42. The SMILES string of the molecule is CCN(c1ccccc1)S(=O)(=O)c1ccccc1CN. The van der Waals surface area contributed by atoms with Crippen molar-refractivity contribution in [3.05, 3.63) is 60.2 Å². The fourth-order valence-corrected chi connectivity index (χ4v) is 3.84. The first-order valence-electron chi connectivity index (χ1n) is 6.47. The van der Waals surface area contributed by atoms with E-state index < -0.39 is 10.0 Å². The van der Waals surface area contributed by atoms with Gasteiger partial charge in [0.05, 0.1) is 10.6 Å². The Bertz CT molecular complexity index is 669. The number of hydrogen-bond acceptors (Lipinski definition) is 3. The van der Waals surface area contributed by atoms with Crippen LogP contribution >= 0.6 is 0 Å². The summed E-state index contributed by atoms with van der Waals surface area (Å²) in [6.45, 7) is 2.38. The highest BCUT2D eigenvalue weighted by molar-refractivity contribution is 7.92. The van der Waals surface area contributed by atoms with Crippen LogP contribution in [0.5, 0.6) is 0 Å². The van der Waals surface area contributed by atoms with Gasteiger partial charge in [0.25, 0.3) is 10.0 Å². The maximum Gasteiger partial charge on any atom is 0.264 e. The number of sulfonamides is 1. The lowest BCUT2D eigenvalue weighted by atomic mass is 10.2. The second-order valence-electron chi connectivity index (χ2n) is 4.32. The fourth-order valence-electron chi connectivity index (χ4n) is 2.13. The quantitative estimate of drug-likeness (QED) is 0.919. The van der Waals surface area contributed by atoms with Gasteiger partial charge in [0, 0.05) is 13.1 Å². The number of nitrogens with zero attached hydrogens (tertiary/aromatic N) is 1. The van der Waals surface area contributed by atoms with Crippen LogP contribution in [0.2, 0.25) is 0 Å². The van der Waals surface area contributed by atoms with E-state index in [0.29, 0.717) is 17.8 Å². The van der Waals surface area contributed by atoms with Crippen molar-refractivity contribution in [2.24, 2.45) is 5.73 Å². The van der Waals surface area contributed by atoms with Crippen LogP contribution in [0.3, 0.4) is 0 Å². The van der Waals surface area contributed by atoms with E-state index in [9.17, 15) is 8.42 Å². The molecule has 0 saturated heterocycles. The van der Waals surface area contributed by atoms with Gasteiger partial charge in [0.1, 0.15) is 0 Å².